The molecule has 0 saturated heterocycles. The van der Waals surface area contributed by atoms with Gasteiger partial charge in [-0.2, -0.15) is 4.98 Å². The van der Waals surface area contributed by atoms with Gasteiger partial charge in [0.1, 0.15) is 12.2 Å². The first-order valence-electron chi connectivity index (χ1n) is 7.53. The highest BCUT2D eigenvalue weighted by Gasteiger charge is 2.34. The van der Waals surface area contributed by atoms with E-state index in [1.54, 1.807) is 7.11 Å². The summed E-state index contributed by atoms with van der Waals surface area (Å²) in [5, 5.41) is 0. The Morgan fingerprint density at radius 3 is 2.71 bits per heavy atom. The monoisotopic (exact) mass is 308 g/mol. The molecule has 1 fully saturated rings. The second-order valence-electron chi connectivity index (χ2n) is 5.86. The average Bonchev–Trinajstić information content (AvgIpc) is 3.13. The molecule has 2 heterocycles. The average molecular weight is 309 g/mol. The van der Waals surface area contributed by atoms with Gasteiger partial charge >= 0.3 is 0 Å². The number of aromatic nitrogens is 4. The molecule has 0 bridgehead atoms. The van der Waals surface area contributed by atoms with Crippen LogP contribution in [0.5, 0.6) is 5.88 Å². The van der Waals surface area contributed by atoms with Crippen molar-refractivity contribution in [3.8, 4) is 5.88 Å². The van der Waals surface area contributed by atoms with Crippen molar-refractivity contribution in [2.75, 3.05) is 7.11 Å². The Bertz CT molecular complexity index is 634. The highest BCUT2D eigenvalue weighted by Crippen LogP contribution is 2.43. The van der Waals surface area contributed by atoms with E-state index in [1.165, 1.54) is 38.4 Å². The Hall–Kier alpha value is -1.36. The van der Waals surface area contributed by atoms with Crippen LogP contribution in [0.4, 0.5) is 0 Å². The lowest BCUT2D eigenvalue weighted by molar-refractivity contribution is 0.238. The molecule has 6 heteroatoms. The Labute approximate surface area is 129 Å². The highest BCUT2D eigenvalue weighted by atomic mass is 35.5. The van der Waals surface area contributed by atoms with Crippen LogP contribution in [0.2, 0.25) is 0 Å². The van der Waals surface area contributed by atoms with Gasteiger partial charge in [0.15, 0.2) is 11.2 Å². The van der Waals surface area contributed by atoms with Crippen LogP contribution < -0.4 is 4.74 Å². The summed E-state index contributed by atoms with van der Waals surface area (Å²) in [7, 11) is 1.60. The summed E-state index contributed by atoms with van der Waals surface area (Å²) in [6.07, 6.45) is 7.88. The standard InChI is InChI=1S/C15H21ClN4O/c1-3-15(6-4-5-7-15)9-20-11(8-16)19-12-13(20)17-10-18-14(12)21-2/h10H,3-9H2,1-2H3. The molecule has 21 heavy (non-hydrogen) atoms. The largest absolute Gasteiger partial charge is 0.479 e. The third-order valence-electron chi connectivity index (χ3n) is 4.80. The number of alkyl halides is 1. The molecule has 0 unspecified atom stereocenters. The van der Waals surface area contributed by atoms with E-state index in [2.05, 4.69) is 26.4 Å². The predicted molar refractivity (Wildman–Crippen MR) is 82.6 cm³/mol. The van der Waals surface area contributed by atoms with Gasteiger partial charge in [0, 0.05) is 6.54 Å². The van der Waals surface area contributed by atoms with Gasteiger partial charge < -0.3 is 9.30 Å². The number of nitrogens with zero attached hydrogens (tertiary/aromatic N) is 4. The molecule has 0 N–H and O–H groups in total. The van der Waals surface area contributed by atoms with Crippen LogP contribution in [0.15, 0.2) is 6.33 Å². The summed E-state index contributed by atoms with van der Waals surface area (Å²) in [6, 6.07) is 0. The van der Waals surface area contributed by atoms with Crippen molar-refractivity contribution in [2.24, 2.45) is 5.41 Å². The molecule has 1 aliphatic rings. The van der Waals surface area contributed by atoms with E-state index in [-0.39, 0.29) is 0 Å². The van der Waals surface area contributed by atoms with E-state index in [1.807, 2.05) is 0 Å². The van der Waals surface area contributed by atoms with E-state index in [9.17, 15) is 0 Å². The number of halogens is 1. The van der Waals surface area contributed by atoms with Gasteiger partial charge in [0.25, 0.3) is 0 Å². The molecule has 1 aliphatic carbocycles. The third-order valence-corrected chi connectivity index (χ3v) is 5.04. The van der Waals surface area contributed by atoms with Crippen molar-refractivity contribution >= 4 is 22.8 Å². The lowest BCUT2D eigenvalue weighted by Crippen LogP contribution is -2.24. The van der Waals surface area contributed by atoms with Gasteiger partial charge in [-0.3, -0.25) is 0 Å². The number of methoxy groups -OCH3 is 1. The molecule has 1 saturated carbocycles. The van der Waals surface area contributed by atoms with E-state index < -0.39 is 0 Å². The first kappa shape index (κ1) is 14.6. The number of ether oxygens (including phenoxy) is 1. The summed E-state index contributed by atoms with van der Waals surface area (Å²) in [6.45, 7) is 3.21. The van der Waals surface area contributed by atoms with E-state index in [0.29, 0.717) is 22.7 Å². The zero-order chi connectivity index (χ0) is 14.9. The van der Waals surface area contributed by atoms with Gasteiger partial charge in [0.2, 0.25) is 5.88 Å². The number of hydrogen-bond donors (Lipinski definition) is 0. The molecule has 5 nitrogen and oxygen atoms in total. The quantitative estimate of drug-likeness (QED) is 0.793. The molecule has 2 aromatic rings. The fourth-order valence-electron chi connectivity index (χ4n) is 3.46. The number of rotatable bonds is 5. The zero-order valence-electron chi connectivity index (χ0n) is 12.6. The number of hydrogen-bond acceptors (Lipinski definition) is 4. The summed E-state index contributed by atoms with van der Waals surface area (Å²) < 4.78 is 7.46. The SMILES string of the molecule is CCC1(Cn2c(CCl)nc3c(OC)ncnc32)CCCC1. The zero-order valence-corrected chi connectivity index (χ0v) is 13.4. The van der Waals surface area contributed by atoms with E-state index in [0.717, 1.165) is 18.0 Å². The molecule has 0 spiro atoms. The van der Waals surface area contributed by atoms with Crippen molar-refractivity contribution in [3.05, 3.63) is 12.2 Å². The Kier molecular flexibility index (Phi) is 4.02. The molecular formula is C15H21ClN4O. The second-order valence-corrected chi connectivity index (χ2v) is 6.13. The maximum absolute atomic E-state index is 6.10. The van der Waals surface area contributed by atoms with E-state index in [4.69, 9.17) is 16.3 Å². The maximum Gasteiger partial charge on any atom is 0.245 e. The Balaban J connectivity index is 2.08. The molecule has 0 aliphatic heterocycles. The molecule has 0 amide bonds. The normalized spacial score (nSPS) is 17.5. The first-order chi connectivity index (χ1) is 10.2. The fraction of sp³-hybridized carbons (Fsp3) is 0.667. The highest BCUT2D eigenvalue weighted by molar-refractivity contribution is 6.16. The first-order valence-corrected chi connectivity index (χ1v) is 8.06. The number of fused-ring (bicyclic) bond motifs is 1. The minimum Gasteiger partial charge on any atom is -0.479 e. The Morgan fingerprint density at radius 2 is 2.10 bits per heavy atom. The summed E-state index contributed by atoms with van der Waals surface area (Å²) in [4.78, 5) is 13.1. The maximum atomic E-state index is 6.10. The number of imidazole rings is 1. The van der Waals surface area contributed by atoms with Crippen molar-refractivity contribution in [3.63, 3.8) is 0 Å². The van der Waals surface area contributed by atoms with Crippen LogP contribution in [0.25, 0.3) is 11.2 Å². The fourth-order valence-corrected chi connectivity index (χ4v) is 3.67. The lowest BCUT2D eigenvalue weighted by atomic mass is 9.83. The van der Waals surface area contributed by atoms with Crippen LogP contribution in [0.3, 0.4) is 0 Å². The molecule has 114 valence electrons. The van der Waals surface area contributed by atoms with Crippen LogP contribution in [0.1, 0.15) is 44.9 Å². The van der Waals surface area contributed by atoms with Crippen LogP contribution in [-0.4, -0.2) is 26.6 Å². The van der Waals surface area contributed by atoms with Gasteiger partial charge in [-0.15, -0.1) is 11.6 Å². The minimum absolute atomic E-state index is 0.354. The van der Waals surface area contributed by atoms with Crippen molar-refractivity contribution < 1.29 is 4.74 Å². The van der Waals surface area contributed by atoms with Crippen molar-refractivity contribution in [1.82, 2.24) is 19.5 Å². The van der Waals surface area contributed by atoms with Gasteiger partial charge in [-0.25, -0.2) is 9.97 Å². The molecule has 0 atom stereocenters. The van der Waals surface area contributed by atoms with Crippen molar-refractivity contribution in [2.45, 2.75) is 51.5 Å². The molecule has 2 aromatic heterocycles. The summed E-state index contributed by atoms with van der Waals surface area (Å²) >= 11 is 6.10. The van der Waals surface area contributed by atoms with Gasteiger partial charge in [-0.1, -0.05) is 19.8 Å². The van der Waals surface area contributed by atoms with Crippen LogP contribution >= 0.6 is 11.6 Å². The van der Waals surface area contributed by atoms with Gasteiger partial charge in [0.05, 0.1) is 13.0 Å². The third kappa shape index (κ3) is 2.48. The van der Waals surface area contributed by atoms with Crippen LogP contribution in [-0.2, 0) is 12.4 Å². The molecule has 0 radical (unpaired) electrons. The van der Waals surface area contributed by atoms with Crippen molar-refractivity contribution in [1.29, 1.82) is 0 Å². The molecule has 3 rings (SSSR count). The lowest BCUT2D eigenvalue weighted by Gasteiger charge is -2.28. The molecule has 0 aromatic carbocycles. The van der Waals surface area contributed by atoms with Crippen LogP contribution in [0, 0.1) is 5.41 Å². The Morgan fingerprint density at radius 1 is 1.33 bits per heavy atom. The summed E-state index contributed by atoms with van der Waals surface area (Å²) in [5.41, 5.74) is 1.89. The predicted octanol–water partition coefficient (Wildman–Crippen LogP) is 3.54. The minimum atomic E-state index is 0.354. The smallest absolute Gasteiger partial charge is 0.245 e. The summed E-state index contributed by atoms with van der Waals surface area (Å²) in [5.74, 6) is 1.74. The second kappa shape index (κ2) is 5.79. The molecular weight excluding hydrogens is 288 g/mol. The topological polar surface area (TPSA) is 52.8 Å². The van der Waals surface area contributed by atoms with E-state index >= 15 is 0 Å². The van der Waals surface area contributed by atoms with Gasteiger partial charge in [-0.05, 0) is 24.7 Å².